The number of hydrogen-bond donors (Lipinski definition) is 3. The molecule has 2 aliphatic rings. The van der Waals surface area contributed by atoms with Crippen molar-refractivity contribution < 1.29 is 0 Å². The van der Waals surface area contributed by atoms with Crippen LogP contribution in [-0.4, -0.2) is 48.1 Å². The molecule has 2 fully saturated rings. The third-order valence-corrected chi connectivity index (χ3v) is 5.44. The summed E-state index contributed by atoms with van der Waals surface area (Å²) in [6.45, 7) is 12.6. The number of piperidine rings is 1. The summed E-state index contributed by atoms with van der Waals surface area (Å²) in [5, 5.41) is 3.83. The fraction of sp³-hybridized carbons (Fsp3) is 0.737. The van der Waals surface area contributed by atoms with Gasteiger partial charge in [0, 0.05) is 50.0 Å². The summed E-state index contributed by atoms with van der Waals surface area (Å²) in [6.07, 6.45) is 6.27. The lowest BCUT2D eigenvalue weighted by molar-refractivity contribution is 0.180. The van der Waals surface area contributed by atoms with Crippen LogP contribution < -0.4 is 16.2 Å². The molecule has 0 radical (unpaired) electrons. The molecule has 3 heterocycles. The zero-order valence-corrected chi connectivity index (χ0v) is 15.4. The van der Waals surface area contributed by atoms with Crippen molar-refractivity contribution in [1.29, 1.82) is 0 Å². The number of aromatic nitrogens is 1. The van der Waals surface area contributed by atoms with Crippen molar-refractivity contribution in [2.45, 2.75) is 52.2 Å². The predicted molar refractivity (Wildman–Crippen MR) is 98.4 cm³/mol. The van der Waals surface area contributed by atoms with Crippen molar-refractivity contribution in [2.75, 3.05) is 26.2 Å². The molecule has 2 unspecified atom stereocenters. The highest BCUT2D eigenvalue weighted by molar-refractivity contribution is 5.09. The highest BCUT2D eigenvalue weighted by atomic mass is 15.4. The second-order valence-electron chi connectivity index (χ2n) is 8.44. The Hall–Kier alpha value is -1.01. The zero-order valence-electron chi connectivity index (χ0n) is 15.4. The quantitative estimate of drug-likeness (QED) is 0.768. The van der Waals surface area contributed by atoms with Crippen LogP contribution in [-0.2, 0) is 6.54 Å². The summed E-state index contributed by atoms with van der Waals surface area (Å²) in [6, 6.07) is 5.45. The third-order valence-electron chi connectivity index (χ3n) is 5.44. The first-order valence-electron chi connectivity index (χ1n) is 9.35. The lowest BCUT2D eigenvalue weighted by Gasteiger charge is -2.35. The number of hydrogen-bond acceptors (Lipinski definition) is 5. The number of pyridine rings is 1. The summed E-state index contributed by atoms with van der Waals surface area (Å²) < 4.78 is 0. The maximum atomic E-state index is 4.10. The fourth-order valence-electron chi connectivity index (χ4n) is 4.01. The molecule has 0 amide bonds. The molecule has 134 valence electrons. The molecule has 1 aromatic heterocycles. The predicted octanol–water partition coefficient (Wildman–Crippen LogP) is 1.77. The van der Waals surface area contributed by atoms with Crippen LogP contribution >= 0.6 is 0 Å². The number of hydrazine groups is 1. The van der Waals surface area contributed by atoms with E-state index in [1.165, 1.54) is 31.5 Å². The van der Waals surface area contributed by atoms with Crippen LogP contribution in [0.3, 0.4) is 0 Å². The van der Waals surface area contributed by atoms with Crippen LogP contribution in [0.5, 0.6) is 0 Å². The van der Waals surface area contributed by atoms with Gasteiger partial charge in [0.05, 0.1) is 0 Å². The molecule has 0 bridgehead atoms. The normalized spacial score (nSPS) is 26.8. The Bertz CT molecular complexity index is 490. The minimum Gasteiger partial charge on any atom is -0.313 e. The lowest BCUT2D eigenvalue weighted by atomic mass is 9.80. The first-order valence-corrected chi connectivity index (χ1v) is 9.35. The van der Waals surface area contributed by atoms with Gasteiger partial charge in [0.1, 0.15) is 0 Å². The van der Waals surface area contributed by atoms with Gasteiger partial charge < -0.3 is 5.32 Å². The van der Waals surface area contributed by atoms with Gasteiger partial charge in [-0.15, -0.1) is 0 Å². The van der Waals surface area contributed by atoms with Crippen LogP contribution in [0, 0.1) is 11.3 Å². The molecule has 0 aromatic carbocycles. The van der Waals surface area contributed by atoms with Gasteiger partial charge in [0.25, 0.3) is 0 Å². The van der Waals surface area contributed by atoms with E-state index < -0.39 is 0 Å². The SMILES string of the molecule is CC(C)(C)C1NNCC1CNC1CCN(Cc2ccncc2)CC1. The van der Waals surface area contributed by atoms with Gasteiger partial charge in [-0.25, -0.2) is 0 Å². The molecule has 0 aliphatic carbocycles. The van der Waals surface area contributed by atoms with Crippen LogP contribution in [0.15, 0.2) is 24.5 Å². The Morgan fingerprint density at radius 3 is 2.58 bits per heavy atom. The first-order chi connectivity index (χ1) is 11.5. The maximum absolute atomic E-state index is 4.10. The molecular weight excluding hydrogens is 298 g/mol. The number of rotatable bonds is 5. The minimum atomic E-state index is 0.295. The average Bonchev–Trinajstić information content (AvgIpc) is 3.04. The summed E-state index contributed by atoms with van der Waals surface area (Å²) in [5.41, 5.74) is 8.48. The maximum Gasteiger partial charge on any atom is 0.0314 e. The fourth-order valence-corrected chi connectivity index (χ4v) is 4.01. The van der Waals surface area contributed by atoms with E-state index in [9.17, 15) is 0 Å². The largest absolute Gasteiger partial charge is 0.313 e. The van der Waals surface area contributed by atoms with Crippen molar-refractivity contribution >= 4 is 0 Å². The van der Waals surface area contributed by atoms with Crippen LogP contribution in [0.2, 0.25) is 0 Å². The first kappa shape index (κ1) is 17.8. The van der Waals surface area contributed by atoms with E-state index in [2.05, 4.69) is 59.0 Å². The summed E-state index contributed by atoms with van der Waals surface area (Å²) in [5.74, 6) is 0.667. The van der Waals surface area contributed by atoms with Crippen molar-refractivity contribution in [2.24, 2.45) is 11.3 Å². The van der Waals surface area contributed by atoms with E-state index in [-0.39, 0.29) is 0 Å². The van der Waals surface area contributed by atoms with Gasteiger partial charge >= 0.3 is 0 Å². The van der Waals surface area contributed by atoms with Gasteiger partial charge in [-0.1, -0.05) is 20.8 Å². The molecule has 1 aromatic rings. The highest BCUT2D eigenvalue weighted by Gasteiger charge is 2.36. The lowest BCUT2D eigenvalue weighted by Crippen LogP contribution is -2.47. The van der Waals surface area contributed by atoms with E-state index in [1.807, 2.05) is 12.4 Å². The monoisotopic (exact) mass is 331 g/mol. The molecule has 5 nitrogen and oxygen atoms in total. The molecule has 0 spiro atoms. The molecular formula is C19H33N5. The topological polar surface area (TPSA) is 52.2 Å². The smallest absolute Gasteiger partial charge is 0.0314 e. The molecule has 3 rings (SSSR count). The summed E-state index contributed by atoms with van der Waals surface area (Å²) in [7, 11) is 0. The minimum absolute atomic E-state index is 0.295. The van der Waals surface area contributed by atoms with Gasteiger partial charge in [-0.2, -0.15) is 0 Å². The van der Waals surface area contributed by atoms with Gasteiger partial charge in [-0.05, 0) is 49.0 Å². The summed E-state index contributed by atoms with van der Waals surface area (Å²) in [4.78, 5) is 6.66. The average molecular weight is 332 g/mol. The van der Waals surface area contributed by atoms with Gasteiger partial charge in [-0.3, -0.25) is 20.7 Å². The van der Waals surface area contributed by atoms with Gasteiger partial charge in [0.2, 0.25) is 0 Å². The van der Waals surface area contributed by atoms with Crippen molar-refractivity contribution in [1.82, 2.24) is 26.1 Å². The second-order valence-corrected chi connectivity index (χ2v) is 8.44. The Balaban J connectivity index is 1.40. The standard InChI is InChI=1S/C19H33N5/c1-19(2,3)18-16(13-22-23-18)12-21-17-6-10-24(11-7-17)14-15-4-8-20-9-5-15/h4-5,8-9,16-18,21-23H,6-7,10-14H2,1-3H3. The molecule has 3 N–H and O–H groups in total. The van der Waals surface area contributed by atoms with Crippen molar-refractivity contribution in [3.63, 3.8) is 0 Å². The molecule has 2 atom stereocenters. The highest BCUT2D eigenvalue weighted by Crippen LogP contribution is 2.27. The van der Waals surface area contributed by atoms with Crippen molar-refractivity contribution in [3.05, 3.63) is 30.1 Å². The molecule has 0 saturated carbocycles. The zero-order chi connectivity index (χ0) is 17.0. The number of nitrogens with zero attached hydrogens (tertiary/aromatic N) is 2. The van der Waals surface area contributed by atoms with E-state index in [0.29, 0.717) is 23.4 Å². The van der Waals surface area contributed by atoms with Crippen LogP contribution in [0.1, 0.15) is 39.2 Å². The molecule has 2 saturated heterocycles. The Kier molecular flexibility index (Phi) is 5.87. The number of likely N-dealkylation sites (tertiary alicyclic amines) is 1. The van der Waals surface area contributed by atoms with E-state index in [0.717, 1.165) is 19.6 Å². The van der Waals surface area contributed by atoms with Gasteiger partial charge in [0.15, 0.2) is 0 Å². The van der Waals surface area contributed by atoms with Crippen LogP contribution in [0.25, 0.3) is 0 Å². The third kappa shape index (κ3) is 4.76. The number of nitrogens with one attached hydrogen (secondary N) is 3. The Morgan fingerprint density at radius 1 is 1.21 bits per heavy atom. The van der Waals surface area contributed by atoms with E-state index >= 15 is 0 Å². The molecule has 2 aliphatic heterocycles. The Labute approximate surface area is 146 Å². The molecule has 24 heavy (non-hydrogen) atoms. The molecule has 5 heteroatoms. The van der Waals surface area contributed by atoms with E-state index in [4.69, 9.17) is 0 Å². The summed E-state index contributed by atoms with van der Waals surface area (Å²) >= 11 is 0. The second kappa shape index (κ2) is 7.91. The van der Waals surface area contributed by atoms with Crippen LogP contribution in [0.4, 0.5) is 0 Å². The van der Waals surface area contributed by atoms with E-state index in [1.54, 1.807) is 0 Å². The van der Waals surface area contributed by atoms with Crippen molar-refractivity contribution in [3.8, 4) is 0 Å². The Morgan fingerprint density at radius 2 is 1.92 bits per heavy atom.